The monoisotopic (exact) mass is 469 g/mol. The predicted molar refractivity (Wildman–Crippen MR) is 116 cm³/mol. The second-order valence-electron chi connectivity index (χ2n) is 6.33. The van der Waals surface area contributed by atoms with Crippen molar-refractivity contribution in [1.29, 1.82) is 0 Å². The van der Waals surface area contributed by atoms with Crippen LogP contribution in [0, 0.1) is 0 Å². The molecule has 0 aliphatic carbocycles. The minimum atomic E-state index is 0. The zero-order valence-corrected chi connectivity index (χ0v) is 17.8. The van der Waals surface area contributed by atoms with Crippen LogP contribution in [0.1, 0.15) is 24.3 Å². The molecule has 0 radical (unpaired) electrons. The summed E-state index contributed by atoms with van der Waals surface area (Å²) in [7, 11) is 3.56. The number of halogens is 1. The van der Waals surface area contributed by atoms with Crippen LogP contribution in [-0.4, -0.2) is 54.2 Å². The first-order valence-corrected chi connectivity index (χ1v) is 8.85. The van der Waals surface area contributed by atoms with Gasteiger partial charge in [-0.05, 0) is 30.5 Å². The Morgan fingerprint density at radius 1 is 1.35 bits per heavy atom. The molecular formula is C19H28IN5O. The van der Waals surface area contributed by atoms with E-state index in [1.54, 1.807) is 7.11 Å². The highest BCUT2D eigenvalue weighted by molar-refractivity contribution is 14.0. The lowest BCUT2D eigenvalue weighted by molar-refractivity contribution is 0.414. The van der Waals surface area contributed by atoms with Crippen molar-refractivity contribution in [3.05, 3.63) is 48.5 Å². The quantitative estimate of drug-likeness (QED) is 0.306. The summed E-state index contributed by atoms with van der Waals surface area (Å²) >= 11 is 0. The van der Waals surface area contributed by atoms with E-state index >= 15 is 0 Å². The Labute approximate surface area is 172 Å². The molecular weight excluding hydrogens is 441 g/mol. The molecule has 142 valence electrons. The molecule has 0 amide bonds. The number of nitrogens with one attached hydrogen (secondary N) is 1. The van der Waals surface area contributed by atoms with Gasteiger partial charge in [-0.1, -0.05) is 12.1 Å². The summed E-state index contributed by atoms with van der Waals surface area (Å²) in [5.74, 6) is 2.46. The number of benzene rings is 1. The van der Waals surface area contributed by atoms with Gasteiger partial charge < -0.3 is 19.5 Å². The van der Waals surface area contributed by atoms with E-state index in [0.29, 0.717) is 5.92 Å². The van der Waals surface area contributed by atoms with Crippen LogP contribution in [0.25, 0.3) is 0 Å². The Kier molecular flexibility index (Phi) is 8.21. The molecule has 1 fully saturated rings. The van der Waals surface area contributed by atoms with Gasteiger partial charge in [-0.15, -0.1) is 24.0 Å². The van der Waals surface area contributed by atoms with Crippen LogP contribution in [0.4, 0.5) is 0 Å². The highest BCUT2D eigenvalue weighted by Crippen LogP contribution is 2.28. The summed E-state index contributed by atoms with van der Waals surface area (Å²) < 4.78 is 7.34. The van der Waals surface area contributed by atoms with E-state index < -0.39 is 0 Å². The van der Waals surface area contributed by atoms with Gasteiger partial charge in [0.15, 0.2) is 5.96 Å². The molecule has 1 unspecified atom stereocenters. The Morgan fingerprint density at radius 2 is 2.15 bits per heavy atom. The number of aromatic nitrogens is 2. The summed E-state index contributed by atoms with van der Waals surface area (Å²) in [5, 5.41) is 3.49. The average molecular weight is 469 g/mol. The SMILES string of the molecule is CN=C(NCCCn1ccnc1)N1CCC(c2ccc(OC)cc2)C1.I. The van der Waals surface area contributed by atoms with E-state index in [9.17, 15) is 0 Å². The number of hydrogen-bond donors (Lipinski definition) is 1. The third-order valence-electron chi connectivity index (χ3n) is 4.72. The van der Waals surface area contributed by atoms with Crippen LogP contribution in [0.15, 0.2) is 48.0 Å². The van der Waals surface area contributed by atoms with E-state index in [1.165, 1.54) is 5.56 Å². The normalized spacial score (nSPS) is 17.1. The van der Waals surface area contributed by atoms with Crippen molar-refractivity contribution in [2.45, 2.75) is 25.3 Å². The maximum absolute atomic E-state index is 5.25. The van der Waals surface area contributed by atoms with Crippen LogP contribution in [-0.2, 0) is 6.54 Å². The first-order valence-electron chi connectivity index (χ1n) is 8.85. The number of rotatable bonds is 6. The van der Waals surface area contributed by atoms with Crippen molar-refractivity contribution in [2.75, 3.05) is 33.8 Å². The van der Waals surface area contributed by atoms with Crippen molar-refractivity contribution >= 4 is 29.9 Å². The number of aliphatic imine (C=N–C) groups is 1. The molecule has 1 aliphatic heterocycles. The summed E-state index contributed by atoms with van der Waals surface area (Å²) in [4.78, 5) is 10.9. The molecule has 7 heteroatoms. The van der Waals surface area contributed by atoms with E-state index in [0.717, 1.165) is 50.7 Å². The third kappa shape index (κ3) is 5.36. The molecule has 1 N–H and O–H groups in total. The van der Waals surface area contributed by atoms with E-state index in [2.05, 4.69) is 36.9 Å². The molecule has 26 heavy (non-hydrogen) atoms. The van der Waals surface area contributed by atoms with Crippen molar-refractivity contribution < 1.29 is 4.74 Å². The first kappa shape index (κ1) is 20.5. The second-order valence-corrected chi connectivity index (χ2v) is 6.33. The van der Waals surface area contributed by atoms with Gasteiger partial charge in [-0.2, -0.15) is 0 Å². The summed E-state index contributed by atoms with van der Waals surface area (Å²) in [6.45, 7) is 3.93. The molecule has 6 nitrogen and oxygen atoms in total. The van der Waals surface area contributed by atoms with Gasteiger partial charge >= 0.3 is 0 Å². The highest BCUT2D eigenvalue weighted by atomic mass is 127. The molecule has 0 bridgehead atoms. The van der Waals surface area contributed by atoms with Gasteiger partial charge in [-0.3, -0.25) is 4.99 Å². The minimum Gasteiger partial charge on any atom is -0.497 e. The van der Waals surface area contributed by atoms with Crippen LogP contribution >= 0.6 is 24.0 Å². The number of ether oxygens (including phenoxy) is 1. The van der Waals surface area contributed by atoms with Crippen LogP contribution < -0.4 is 10.1 Å². The van der Waals surface area contributed by atoms with Gasteiger partial charge in [0.2, 0.25) is 0 Å². The lowest BCUT2D eigenvalue weighted by Gasteiger charge is -2.22. The standard InChI is InChI=1S/C19H27N5O.HI/c1-20-19(22-9-3-11-23-13-10-21-15-23)24-12-8-17(14-24)16-4-6-18(25-2)7-5-16;/h4-7,10,13,15,17H,3,8-9,11-12,14H2,1-2H3,(H,20,22);1H. The molecule has 1 aromatic heterocycles. The third-order valence-corrected chi connectivity index (χ3v) is 4.72. The fourth-order valence-corrected chi connectivity index (χ4v) is 3.31. The lowest BCUT2D eigenvalue weighted by atomic mass is 9.98. The summed E-state index contributed by atoms with van der Waals surface area (Å²) in [6.07, 6.45) is 7.87. The lowest BCUT2D eigenvalue weighted by Crippen LogP contribution is -2.40. The molecule has 0 saturated carbocycles. The van der Waals surface area contributed by atoms with Crippen molar-refractivity contribution in [2.24, 2.45) is 4.99 Å². The van der Waals surface area contributed by atoms with Gasteiger partial charge in [0.05, 0.1) is 13.4 Å². The fraction of sp³-hybridized carbons (Fsp3) is 0.474. The van der Waals surface area contributed by atoms with Crippen LogP contribution in [0.3, 0.4) is 0 Å². The zero-order chi connectivity index (χ0) is 17.5. The molecule has 2 heterocycles. The largest absolute Gasteiger partial charge is 0.497 e. The molecule has 0 spiro atoms. The van der Waals surface area contributed by atoms with Crippen LogP contribution in [0.5, 0.6) is 5.75 Å². The van der Waals surface area contributed by atoms with Gasteiger partial charge in [0, 0.05) is 51.5 Å². The topological polar surface area (TPSA) is 54.7 Å². The van der Waals surface area contributed by atoms with Crippen molar-refractivity contribution in [1.82, 2.24) is 19.8 Å². The molecule has 1 saturated heterocycles. The molecule has 3 rings (SSSR count). The molecule has 1 aliphatic rings. The van der Waals surface area contributed by atoms with E-state index in [4.69, 9.17) is 4.74 Å². The zero-order valence-electron chi connectivity index (χ0n) is 15.5. The highest BCUT2D eigenvalue weighted by Gasteiger charge is 2.25. The Bertz CT molecular complexity index is 672. The number of hydrogen-bond acceptors (Lipinski definition) is 3. The Morgan fingerprint density at radius 3 is 2.81 bits per heavy atom. The number of guanidine groups is 1. The van der Waals surface area contributed by atoms with Gasteiger partial charge in [0.1, 0.15) is 5.75 Å². The second kappa shape index (κ2) is 10.4. The summed E-state index contributed by atoms with van der Waals surface area (Å²) in [6, 6.07) is 8.44. The molecule has 1 atom stereocenters. The van der Waals surface area contributed by atoms with E-state index in [1.807, 2.05) is 37.9 Å². The Hall–Kier alpha value is -1.77. The number of aryl methyl sites for hydroxylation is 1. The number of methoxy groups -OCH3 is 1. The van der Waals surface area contributed by atoms with Crippen molar-refractivity contribution in [3.8, 4) is 5.75 Å². The van der Waals surface area contributed by atoms with Gasteiger partial charge in [0.25, 0.3) is 0 Å². The summed E-state index contributed by atoms with van der Waals surface area (Å²) in [5.41, 5.74) is 1.37. The van der Waals surface area contributed by atoms with Crippen molar-refractivity contribution in [3.63, 3.8) is 0 Å². The van der Waals surface area contributed by atoms with Crippen LogP contribution in [0.2, 0.25) is 0 Å². The number of nitrogens with zero attached hydrogens (tertiary/aromatic N) is 4. The number of likely N-dealkylation sites (tertiary alicyclic amines) is 1. The maximum Gasteiger partial charge on any atom is 0.193 e. The number of imidazole rings is 1. The Balaban J connectivity index is 0.00000243. The maximum atomic E-state index is 5.25. The average Bonchev–Trinajstić information content (AvgIpc) is 3.34. The molecule has 1 aromatic carbocycles. The molecule has 2 aromatic rings. The smallest absolute Gasteiger partial charge is 0.193 e. The minimum absolute atomic E-state index is 0. The van der Waals surface area contributed by atoms with E-state index in [-0.39, 0.29) is 24.0 Å². The first-order chi connectivity index (χ1) is 12.3. The predicted octanol–water partition coefficient (Wildman–Crippen LogP) is 2.96. The fourth-order valence-electron chi connectivity index (χ4n) is 3.31. The van der Waals surface area contributed by atoms with Gasteiger partial charge in [-0.25, -0.2) is 4.98 Å².